The van der Waals surface area contributed by atoms with E-state index in [0.29, 0.717) is 23.3 Å². The first-order valence-electron chi connectivity index (χ1n) is 5.54. The van der Waals surface area contributed by atoms with Crippen LogP contribution in [-0.4, -0.2) is 17.1 Å². The van der Waals surface area contributed by atoms with E-state index in [4.69, 9.17) is 16.3 Å². The van der Waals surface area contributed by atoms with Gasteiger partial charge in [-0.25, -0.2) is 9.97 Å². The van der Waals surface area contributed by atoms with Gasteiger partial charge in [0, 0.05) is 18.9 Å². The van der Waals surface area contributed by atoms with Gasteiger partial charge in [0.15, 0.2) is 0 Å². The first-order valence-corrected chi connectivity index (χ1v) is 5.92. The summed E-state index contributed by atoms with van der Waals surface area (Å²) in [4.78, 5) is 8.34. The van der Waals surface area contributed by atoms with Crippen LogP contribution in [0, 0.1) is 6.92 Å². The summed E-state index contributed by atoms with van der Waals surface area (Å²) in [6, 6.07) is 5.66. The first kappa shape index (κ1) is 12.6. The van der Waals surface area contributed by atoms with E-state index in [1.807, 2.05) is 25.1 Å². The summed E-state index contributed by atoms with van der Waals surface area (Å²) in [7, 11) is 1.60. The largest absolute Gasteiger partial charge is 0.495 e. The van der Waals surface area contributed by atoms with Crippen molar-refractivity contribution in [1.82, 2.24) is 9.97 Å². The van der Waals surface area contributed by atoms with E-state index in [-0.39, 0.29) is 0 Å². The second-order valence-electron chi connectivity index (χ2n) is 3.91. The molecule has 2 rings (SSSR count). The number of hydrogen-bond donors (Lipinski definition) is 1. The Morgan fingerprint density at radius 2 is 2.00 bits per heavy atom. The van der Waals surface area contributed by atoms with Gasteiger partial charge in [0.1, 0.15) is 5.75 Å². The molecule has 0 aliphatic carbocycles. The molecular weight excluding hydrogens is 250 g/mol. The molecular formula is C13H14ClN3O. The summed E-state index contributed by atoms with van der Waals surface area (Å²) >= 11 is 6.05. The third-order valence-corrected chi connectivity index (χ3v) is 2.74. The van der Waals surface area contributed by atoms with Crippen LogP contribution in [-0.2, 0) is 6.54 Å². The van der Waals surface area contributed by atoms with Gasteiger partial charge in [-0.3, -0.25) is 0 Å². The Kier molecular flexibility index (Phi) is 3.99. The molecule has 1 aromatic heterocycles. The average Bonchev–Trinajstić information content (AvgIpc) is 2.38. The van der Waals surface area contributed by atoms with Crippen molar-refractivity contribution >= 4 is 17.5 Å². The molecule has 0 spiro atoms. The molecule has 0 saturated heterocycles. The smallest absolute Gasteiger partial charge is 0.222 e. The predicted molar refractivity (Wildman–Crippen MR) is 72.1 cm³/mol. The van der Waals surface area contributed by atoms with Crippen LogP contribution in [0.5, 0.6) is 5.75 Å². The summed E-state index contributed by atoms with van der Waals surface area (Å²) in [5.41, 5.74) is 2.08. The van der Waals surface area contributed by atoms with Gasteiger partial charge in [0.05, 0.1) is 12.1 Å². The maximum Gasteiger partial charge on any atom is 0.222 e. The van der Waals surface area contributed by atoms with Gasteiger partial charge in [0.2, 0.25) is 5.95 Å². The van der Waals surface area contributed by atoms with Gasteiger partial charge in [-0.2, -0.15) is 0 Å². The molecule has 0 aliphatic heterocycles. The Bertz CT molecular complexity index is 528. The second-order valence-corrected chi connectivity index (χ2v) is 4.31. The molecule has 1 aromatic carbocycles. The van der Waals surface area contributed by atoms with Gasteiger partial charge in [-0.05, 0) is 30.2 Å². The molecule has 0 amide bonds. The van der Waals surface area contributed by atoms with Crippen molar-refractivity contribution in [3.05, 3.63) is 46.7 Å². The van der Waals surface area contributed by atoms with E-state index in [2.05, 4.69) is 15.3 Å². The summed E-state index contributed by atoms with van der Waals surface area (Å²) in [6.45, 7) is 2.57. The number of anilines is 1. The van der Waals surface area contributed by atoms with Crippen LogP contribution in [0.2, 0.25) is 5.02 Å². The third kappa shape index (κ3) is 3.11. The lowest BCUT2D eigenvalue weighted by Crippen LogP contribution is -2.03. The van der Waals surface area contributed by atoms with Crippen LogP contribution in [0.15, 0.2) is 30.6 Å². The van der Waals surface area contributed by atoms with Crippen LogP contribution >= 0.6 is 11.6 Å². The monoisotopic (exact) mass is 263 g/mol. The minimum Gasteiger partial charge on any atom is -0.495 e. The number of aryl methyl sites for hydroxylation is 1. The van der Waals surface area contributed by atoms with Crippen LogP contribution < -0.4 is 10.1 Å². The topological polar surface area (TPSA) is 47.0 Å². The minimum atomic E-state index is 0.599. The van der Waals surface area contributed by atoms with Crippen LogP contribution in [0.1, 0.15) is 11.1 Å². The lowest BCUT2D eigenvalue weighted by molar-refractivity contribution is 0.415. The molecule has 0 unspecified atom stereocenters. The van der Waals surface area contributed by atoms with Gasteiger partial charge in [0.25, 0.3) is 0 Å². The number of nitrogens with zero attached hydrogens (tertiary/aromatic N) is 2. The zero-order valence-electron chi connectivity index (χ0n) is 10.3. The zero-order chi connectivity index (χ0) is 13.0. The Morgan fingerprint density at radius 3 is 2.61 bits per heavy atom. The number of rotatable bonds is 4. The molecule has 5 heteroatoms. The number of halogens is 1. The standard InChI is InChI=1S/C13H14ClN3O/c1-9-6-15-13(16-7-9)17-8-10-3-4-12(18-2)11(14)5-10/h3-7H,8H2,1-2H3,(H,15,16,17). The number of ether oxygens (including phenoxy) is 1. The van der Waals surface area contributed by atoms with Crippen molar-refractivity contribution in [2.24, 2.45) is 0 Å². The van der Waals surface area contributed by atoms with Crippen LogP contribution in [0.25, 0.3) is 0 Å². The van der Waals surface area contributed by atoms with E-state index in [1.54, 1.807) is 19.5 Å². The number of methoxy groups -OCH3 is 1. The lowest BCUT2D eigenvalue weighted by atomic mass is 10.2. The highest BCUT2D eigenvalue weighted by atomic mass is 35.5. The van der Waals surface area contributed by atoms with Crippen molar-refractivity contribution < 1.29 is 4.74 Å². The second kappa shape index (κ2) is 5.69. The highest BCUT2D eigenvalue weighted by Crippen LogP contribution is 2.25. The third-order valence-electron chi connectivity index (χ3n) is 2.45. The molecule has 0 fully saturated rings. The number of hydrogen-bond acceptors (Lipinski definition) is 4. The van der Waals surface area contributed by atoms with Crippen molar-refractivity contribution in [2.75, 3.05) is 12.4 Å². The van der Waals surface area contributed by atoms with E-state index in [1.165, 1.54) is 0 Å². The number of nitrogens with one attached hydrogen (secondary N) is 1. The van der Waals surface area contributed by atoms with Crippen LogP contribution in [0.4, 0.5) is 5.95 Å². The zero-order valence-corrected chi connectivity index (χ0v) is 11.0. The Labute approximate surface area is 111 Å². The molecule has 0 saturated carbocycles. The fourth-order valence-corrected chi connectivity index (χ4v) is 1.77. The number of benzene rings is 1. The van der Waals surface area contributed by atoms with Crippen molar-refractivity contribution in [3.63, 3.8) is 0 Å². The normalized spacial score (nSPS) is 10.2. The molecule has 0 aliphatic rings. The van der Waals surface area contributed by atoms with Crippen LogP contribution in [0.3, 0.4) is 0 Å². The molecule has 0 atom stereocenters. The molecule has 1 heterocycles. The molecule has 0 bridgehead atoms. The maximum absolute atomic E-state index is 6.05. The molecule has 2 aromatic rings. The summed E-state index contributed by atoms with van der Waals surface area (Å²) in [6.07, 6.45) is 3.55. The summed E-state index contributed by atoms with van der Waals surface area (Å²) in [5.74, 6) is 1.28. The molecule has 4 nitrogen and oxygen atoms in total. The first-order chi connectivity index (χ1) is 8.69. The van der Waals surface area contributed by atoms with Crippen molar-refractivity contribution in [2.45, 2.75) is 13.5 Å². The maximum atomic E-state index is 6.05. The van der Waals surface area contributed by atoms with Gasteiger partial charge < -0.3 is 10.1 Å². The van der Waals surface area contributed by atoms with E-state index < -0.39 is 0 Å². The van der Waals surface area contributed by atoms with E-state index in [0.717, 1.165) is 11.1 Å². The fraction of sp³-hybridized carbons (Fsp3) is 0.231. The highest BCUT2D eigenvalue weighted by molar-refractivity contribution is 6.32. The van der Waals surface area contributed by atoms with Crippen molar-refractivity contribution in [3.8, 4) is 5.75 Å². The summed E-state index contributed by atoms with van der Waals surface area (Å²) in [5, 5.41) is 3.73. The van der Waals surface area contributed by atoms with E-state index >= 15 is 0 Å². The molecule has 18 heavy (non-hydrogen) atoms. The molecule has 1 N–H and O–H groups in total. The van der Waals surface area contributed by atoms with Gasteiger partial charge in [-0.15, -0.1) is 0 Å². The van der Waals surface area contributed by atoms with Gasteiger partial charge in [-0.1, -0.05) is 17.7 Å². The Hall–Kier alpha value is -1.81. The quantitative estimate of drug-likeness (QED) is 0.921. The number of aromatic nitrogens is 2. The van der Waals surface area contributed by atoms with E-state index in [9.17, 15) is 0 Å². The minimum absolute atomic E-state index is 0.599. The lowest BCUT2D eigenvalue weighted by Gasteiger charge is -2.07. The summed E-state index contributed by atoms with van der Waals surface area (Å²) < 4.78 is 5.10. The fourth-order valence-electron chi connectivity index (χ4n) is 1.48. The molecule has 0 radical (unpaired) electrons. The predicted octanol–water partition coefficient (Wildman–Crippen LogP) is 3.06. The Morgan fingerprint density at radius 1 is 1.28 bits per heavy atom. The SMILES string of the molecule is COc1ccc(CNc2ncc(C)cn2)cc1Cl. The Balaban J connectivity index is 2.02. The highest BCUT2D eigenvalue weighted by Gasteiger charge is 2.02. The van der Waals surface area contributed by atoms with Gasteiger partial charge >= 0.3 is 0 Å². The van der Waals surface area contributed by atoms with Crippen molar-refractivity contribution in [1.29, 1.82) is 0 Å². The molecule has 94 valence electrons. The average molecular weight is 264 g/mol.